The Morgan fingerprint density at radius 1 is 1.07 bits per heavy atom. The highest BCUT2D eigenvalue weighted by Crippen LogP contribution is 2.42. The summed E-state index contributed by atoms with van der Waals surface area (Å²) in [4.78, 5) is 14.7. The molecule has 1 spiro atoms. The summed E-state index contributed by atoms with van der Waals surface area (Å²) in [5.74, 6) is 1.98. The molecule has 0 radical (unpaired) electrons. The van der Waals surface area contributed by atoms with E-state index in [1.54, 1.807) is 13.2 Å². The van der Waals surface area contributed by atoms with E-state index in [1.807, 2.05) is 42.5 Å². The number of fused-ring (bicyclic) bond motifs is 1. The zero-order valence-electron chi connectivity index (χ0n) is 23.1. The van der Waals surface area contributed by atoms with E-state index in [0.29, 0.717) is 12.3 Å². The molecule has 1 fully saturated rings. The minimum atomic E-state index is -0.763. The molecule has 0 unspecified atom stereocenters. The van der Waals surface area contributed by atoms with Gasteiger partial charge in [-0.05, 0) is 47.5 Å². The number of amides is 1. The molecule has 1 atom stereocenters. The number of aliphatic hydroxyl groups excluding tert-OH is 1. The van der Waals surface area contributed by atoms with Crippen LogP contribution < -0.4 is 24.3 Å². The van der Waals surface area contributed by atoms with E-state index in [-0.39, 0.29) is 41.1 Å². The summed E-state index contributed by atoms with van der Waals surface area (Å²) < 4.78 is 23.4. The van der Waals surface area contributed by atoms with Crippen LogP contribution in [0.4, 0.5) is 0 Å². The zero-order valence-corrected chi connectivity index (χ0v) is 24.6. The number of hydrogen-bond donors (Lipinski definition) is 2. The van der Waals surface area contributed by atoms with Crippen molar-refractivity contribution in [3.63, 3.8) is 0 Å². The average Bonchev–Trinajstić information content (AvgIpc) is 3.33. The lowest BCUT2D eigenvalue weighted by molar-refractivity contribution is -0.00201. The van der Waals surface area contributed by atoms with Gasteiger partial charge in [-0.1, -0.05) is 35.3 Å². The minimum absolute atomic E-state index is 0.00559. The van der Waals surface area contributed by atoms with Gasteiger partial charge in [-0.15, -0.1) is 0 Å². The molecular formula is C31H34Cl2N2O6. The lowest BCUT2D eigenvalue weighted by atomic mass is 9.87. The molecule has 1 saturated heterocycles. The van der Waals surface area contributed by atoms with E-state index in [2.05, 4.69) is 10.2 Å². The van der Waals surface area contributed by atoms with Gasteiger partial charge in [0.1, 0.15) is 47.9 Å². The van der Waals surface area contributed by atoms with Crippen LogP contribution in [0.2, 0.25) is 10.0 Å². The lowest BCUT2D eigenvalue weighted by Crippen LogP contribution is -2.49. The monoisotopic (exact) mass is 600 g/mol. The Balaban J connectivity index is 1.17. The molecule has 0 aromatic heterocycles. The summed E-state index contributed by atoms with van der Waals surface area (Å²) in [6, 6.07) is 16.4. The van der Waals surface area contributed by atoms with Crippen LogP contribution >= 0.6 is 23.2 Å². The quantitative estimate of drug-likeness (QED) is 0.332. The van der Waals surface area contributed by atoms with E-state index in [0.717, 1.165) is 60.0 Å². The van der Waals surface area contributed by atoms with Crippen LogP contribution in [0.1, 0.15) is 34.3 Å². The van der Waals surface area contributed by atoms with Crippen LogP contribution in [0.5, 0.6) is 23.0 Å². The molecule has 3 aromatic rings. The summed E-state index contributed by atoms with van der Waals surface area (Å²) in [6.07, 6.45) is 1.81. The van der Waals surface area contributed by atoms with Crippen molar-refractivity contribution in [3.8, 4) is 23.0 Å². The fourth-order valence-electron chi connectivity index (χ4n) is 5.32. The lowest BCUT2D eigenvalue weighted by Gasteiger charge is -2.39. The number of ether oxygens (including phenoxy) is 4. The molecular weight excluding hydrogens is 567 g/mol. The maximum absolute atomic E-state index is 12.5. The molecule has 218 valence electrons. The first-order chi connectivity index (χ1) is 19.8. The third-order valence-corrected chi connectivity index (χ3v) is 8.12. The molecule has 5 rings (SSSR count). The van der Waals surface area contributed by atoms with E-state index >= 15 is 0 Å². The van der Waals surface area contributed by atoms with Crippen molar-refractivity contribution in [2.75, 3.05) is 40.4 Å². The molecule has 2 N–H and O–H groups in total. The second-order valence-corrected chi connectivity index (χ2v) is 11.3. The Morgan fingerprint density at radius 3 is 2.54 bits per heavy atom. The second-order valence-electron chi connectivity index (χ2n) is 10.5. The first-order valence-corrected chi connectivity index (χ1v) is 14.3. The van der Waals surface area contributed by atoms with E-state index < -0.39 is 6.10 Å². The molecule has 1 amide bonds. The molecule has 41 heavy (non-hydrogen) atoms. The predicted octanol–water partition coefficient (Wildman–Crippen LogP) is 5.15. The van der Waals surface area contributed by atoms with Crippen LogP contribution in [0.25, 0.3) is 0 Å². The molecule has 3 aromatic carbocycles. The molecule has 2 heterocycles. The second kappa shape index (κ2) is 12.8. The third kappa shape index (κ3) is 7.01. The largest absolute Gasteiger partial charge is 0.497 e. The number of carbonyl (C=O) groups is 1. The Hall–Kier alpha value is -3.17. The fraction of sp³-hybridized carbons (Fsp3) is 0.387. The highest BCUT2D eigenvalue weighted by atomic mass is 35.5. The Morgan fingerprint density at radius 2 is 1.83 bits per heavy atom. The van der Waals surface area contributed by atoms with Gasteiger partial charge in [0.05, 0.1) is 17.7 Å². The van der Waals surface area contributed by atoms with Crippen molar-refractivity contribution >= 4 is 29.1 Å². The van der Waals surface area contributed by atoms with Crippen molar-refractivity contribution in [2.24, 2.45) is 0 Å². The van der Waals surface area contributed by atoms with Crippen LogP contribution in [0.3, 0.4) is 0 Å². The highest BCUT2D eigenvalue weighted by molar-refractivity contribution is 6.32. The van der Waals surface area contributed by atoms with Crippen molar-refractivity contribution in [1.29, 1.82) is 0 Å². The number of hydrogen-bond acceptors (Lipinski definition) is 7. The number of benzene rings is 3. The first kappa shape index (κ1) is 29.3. The van der Waals surface area contributed by atoms with Crippen molar-refractivity contribution in [3.05, 3.63) is 81.3 Å². The van der Waals surface area contributed by atoms with Crippen LogP contribution in [0, 0.1) is 0 Å². The minimum Gasteiger partial charge on any atom is -0.497 e. The normalized spacial score (nSPS) is 16.5. The topological polar surface area (TPSA) is 89.5 Å². The van der Waals surface area contributed by atoms with Crippen LogP contribution in [-0.2, 0) is 13.0 Å². The van der Waals surface area contributed by atoms with Crippen molar-refractivity contribution < 1.29 is 28.8 Å². The van der Waals surface area contributed by atoms with Gasteiger partial charge in [-0.2, -0.15) is 0 Å². The fourth-order valence-corrected chi connectivity index (χ4v) is 5.73. The molecule has 8 nitrogen and oxygen atoms in total. The smallest absolute Gasteiger partial charge is 0.254 e. The van der Waals surface area contributed by atoms with Gasteiger partial charge in [0.2, 0.25) is 0 Å². The van der Waals surface area contributed by atoms with E-state index in [4.69, 9.17) is 42.1 Å². The summed E-state index contributed by atoms with van der Waals surface area (Å²) >= 11 is 12.6. The van der Waals surface area contributed by atoms with Crippen molar-refractivity contribution in [1.82, 2.24) is 10.2 Å². The van der Waals surface area contributed by atoms with Gasteiger partial charge in [0.15, 0.2) is 0 Å². The van der Waals surface area contributed by atoms with Gasteiger partial charge in [-0.3, -0.25) is 4.79 Å². The standard InChI is InChI=1S/C31H34Cl2N2O6/c1-34-30(37)25-14-26(33)29(39-18-20-3-6-24(38-2)7-4-20)15-28(25)40-19-23(36)17-35-11-9-31(10-12-35)16-21-13-22(32)5-8-27(21)41-31/h3-8,13-15,23,36H,9-12,16-19H2,1-2H3,(H,34,37)/t23-/m1/s1. The van der Waals surface area contributed by atoms with Gasteiger partial charge < -0.3 is 34.3 Å². The SMILES string of the molecule is CNC(=O)c1cc(Cl)c(OCc2ccc(OC)cc2)cc1OC[C@H](O)CN1CCC2(CC1)Cc1cc(Cl)ccc1O2. The van der Waals surface area contributed by atoms with E-state index in [9.17, 15) is 9.90 Å². The third-order valence-electron chi connectivity index (χ3n) is 7.59. The number of carbonyl (C=O) groups excluding carboxylic acids is 1. The molecule has 0 aliphatic carbocycles. The molecule has 2 aliphatic heterocycles. The molecule has 10 heteroatoms. The number of β-amino-alcohol motifs (C(OH)–C–C–N with tert-alkyl or cyclic N) is 1. The van der Waals surface area contributed by atoms with E-state index in [1.165, 1.54) is 13.1 Å². The molecule has 0 saturated carbocycles. The molecule has 0 bridgehead atoms. The van der Waals surface area contributed by atoms with Gasteiger partial charge in [0, 0.05) is 57.0 Å². The molecule has 2 aliphatic rings. The average molecular weight is 602 g/mol. The number of methoxy groups -OCH3 is 1. The Kier molecular flexibility index (Phi) is 9.14. The summed E-state index contributed by atoms with van der Waals surface area (Å²) in [5, 5.41) is 14.4. The maximum atomic E-state index is 12.5. The number of nitrogens with zero attached hydrogens (tertiary/aromatic N) is 1. The Labute approximate surface area is 250 Å². The maximum Gasteiger partial charge on any atom is 0.254 e. The first-order valence-electron chi connectivity index (χ1n) is 13.6. The summed E-state index contributed by atoms with van der Waals surface area (Å²) in [6.45, 7) is 2.31. The highest BCUT2D eigenvalue weighted by Gasteiger charge is 2.42. The number of rotatable bonds is 10. The number of aliphatic hydroxyl groups is 1. The summed E-state index contributed by atoms with van der Waals surface area (Å²) in [5.41, 5.74) is 2.13. The zero-order chi connectivity index (χ0) is 29.0. The number of piperidine rings is 1. The number of halogens is 2. The Bertz CT molecular complexity index is 1380. The van der Waals surface area contributed by atoms with Crippen molar-refractivity contribution in [2.45, 2.75) is 37.6 Å². The predicted molar refractivity (Wildman–Crippen MR) is 158 cm³/mol. The van der Waals surface area contributed by atoms with Gasteiger partial charge in [-0.25, -0.2) is 0 Å². The number of likely N-dealkylation sites (tertiary alicyclic amines) is 1. The van der Waals surface area contributed by atoms with Gasteiger partial charge in [0.25, 0.3) is 5.91 Å². The van der Waals surface area contributed by atoms with Gasteiger partial charge >= 0.3 is 0 Å². The summed E-state index contributed by atoms with van der Waals surface area (Å²) in [7, 11) is 3.15. The number of nitrogens with one attached hydrogen (secondary N) is 1. The van der Waals surface area contributed by atoms with Crippen LogP contribution in [-0.4, -0.2) is 68.0 Å². The van der Waals surface area contributed by atoms with Crippen LogP contribution in [0.15, 0.2) is 54.6 Å².